The average molecular weight is 175 g/mol. The highest BCUT2D eigenvalue weighted by Crippen LogP contribution is 1.92. The van der Waals surface area contributed by atoms with Gasteiger partial charge in [0.1, 0.15) is 0 Å². The molecule has 0 atom stereocenters. The molecule has 0 aliphatic heterocycles. The van der Waals surface area contributed by atoms with Gasteiger partial charge in [0.05, 0.1) is 4.99 Å². The maximum absolute atomic E-state index is 5.31. The molecule has 0 aliphatic carbocycles. The molecule has 11 heavy (non-hydrogen) atoms. The molecule has 0 fully saturated rings. The zero-order valence-corrected chi connectivity index (χ0v) is 7.95. The summed E-state index contributed by atoms with van der Waals surface area (Å²) in [6.45, 7) is 3.81. The summed E-state index contributed by atoms with van der Waals surface area (Å²) in [5.41, 5.74) is 5.31. The predicted octanol–water partition coefficient (Wildman–Crippen LogP) is 1.87. The standard InChI is InChI=1S/C8H17NOS/c1-2-3-6-10-7-4-5-8(9)11/h2-7H2,1H3,(H2,9,11). The summed E-state index contributed by atoms with van der Waals surface area (Å²) in [5.74, 6) is 0. The molecule has 0 aromatic carbocycles. The van der Waals surface area contributed by atoms with Crippen LogP contribution in [0.2, 0.25) is 0 Å². The SMILES string of the molecule is CCCCOCCCC(N)=S. The van der Waals surface area contributed by atoms with Crippen molar-refractivity contribution in [3.63, 3.8) is 0 Å². The summed E-state index contributed by atoms with van der Waals surface area (Å²) in [7, 11) is 0. The normalized spacial score (nSPS) is 9.91. The summed E-state index contributed by atoms with van der Waals surface area (Å²) in [5, 5.41) is 0. The lowest BCUT2D eigenvalue weighted by atomic mass is 10.3. The Labute approximate surface area is 74.1 Å². The third kappa shape index (κ3) is 9.85. The van der Waals surface area contributed by atoms with Crippen LogP contribution in [0.4, 0.5) is 0 Å². The molecule has 0 aliphatic rings. The maximum atomic E-state index is 5.31. The van der Waals surface area contributed by atoms with Gasteiger partial charge in [-0.15, -0.1) is 0 Å². The molecule has 0 radical (unpaired) electrons. The van der Waals surface area contributed by atoms with Crippen molar-refractivity contribution in [1.29, 1.82) is 0 Å². The first-order valence-corrected chi connectivity index (χ1v) is 4.54. The van der Waals surface area contributed by atoms with Gasteiger partial charge in [0, 0.05) is 13.2 Å². The smallest absolute Gasteiger partial charge is 0.0728 e. The molecule has 0 rings (SSSR count). The van der Waals surface area contributed by atoms with Gasteiger partial charge in [-0.1, -0.05) is 25.6 Å². The van der Waals surface area contributed by atoms with E-state index in [4.69, 9.17) is 22.7 Å². The molecule has 2 N–H and O–H groups in total. The van der Waals surface area contributed by atoms with E-state index in [-0.39, 0.29) is 0 Å². The van der Waals surface area contributed by atoms with Crippen molar-refractivity contribution in [2.45, 2.75) is 32.6 Å². The monoisotopic (exact) mass is 175 g/mol. The summed E-state index contributed by atoms with van der Waals surface area (Å²) in [4.78, 5) is 0.587. The van der Waals surface area contributed by atoms with E-state index in [1.165, 1.54) is 6.42 Å². The maximum Gasteiger partial charge on any atom is 0.0728 e. The van der Waals surface area contributed by atoms with Crippen molar-refractivity contribution in [2.75, 3.05) is 13.2 Å². The first kappa shape index (κ1) is 10.8. The second-order valence-electron chi connectivity index (χ2n) is 2.54. The zero-order chi connectivity index (χ0) is 8.53. The molecule has 0 saturated heterocycles. The van der Waals surface area contributed by atoms with E-state index >= 15 is 0 Å². The Hall–Kier alpha value is -0.150. The lowest BCUT2D eigenvalue weighted by molar-refractivity contribution is 0.130. The van der Waals surface area contributed by atoms with Gasteiger partial charge in [-0.25, -0.2) is 0 Å². The Kier molecular flexibility index (Phi) is 7.84. The predicted molar refractivity (Wildman–Crippen MR) is 51.7 cm³/mol. The molecule has 0 saturated carbocycles. The van der Waals surface area contributed by atoms with E-state index in [9.17, 15) is 0 Å². The average Bonchev–Trinajstić information content (AvgIpc) is 1.96. The van der Waals surface area contributed by atoms with Crippen LogP contribution < -0.4 is 5.73 Å². The minimum atomic E-state index is 0.587. The van der Waals surface area contributed by atoms with E-state index in [1.54, 1.807) is 0 Å². The largest absolute Gasteiger partial charge is 0.393 e. The highest BCUT2D eigenvalue weighted by atomic mass is 32.1. The molecule has 0 heterocycles. The van der Waals surface area contributed by atoms with Gasteiger partial charge in [0.2, 0.25) is 0 Å². The Morgan fingerprint density at radius 3 is 2.55 bits per heavy atom. The zero-order valence-electron chi connectivity index (χ0n) is 7.14. The fourth-order valence-electron chi connectivity index (χ4n) is 0.697. The van der Waals surface area contributed by atoms with Crippen LogP contribution in [0.3, 0.4) is 0 Å². The van der Waals surface area contributed by atoms with Crippen LogP contribution in [0.1, 0.15) is 32.6 Å². The van der Waals surface area contributed by atoms with Crippen molar-refractivity contribution in [2.24, 2.45) is 5.73 Å². The molecule has 0 bridgehead atoms. The van der Waals surface area contributed by atoms with Crippen molar-refractivity contribution in [3.05, 3.63) is 0 Å². The fraction of sp³-hybridized carbons (Fsp3) is 0.875. The number of hydrogen-bond acceptors (Lipinski definition) is 2. The fourth-order valence-corrected chi connectivity index (χ4v) is 0.841. The van der Waals surface area contributed by atoms with E-state index in [0.29, 0.717) is 4.99 Å². The number of nitrogens with two attached hydrogens (primary N) is 1. The Bertz CT molecular complexity index is 106. The molecule has 2 nitrogen and oxygen atoms in total. The Morgan fingerprint density at radius 2 is 2.00 bits per heavy atom. The second-order valence-corrected chi connectivity index (χ2v) is 3.06. The van der Waals surface area contributed by atoms with Gasteiger partial charge < -0.3 is 10.5 Å². The van der Waals surface area contributed by atoms with Gasteiger partial charge in [0.25, 0.3) is 0 Å². The van der Waals surface area contributed by atoms with E-state index in [1.807, 2.05) is 0 Å². The van der Waals surface area contributed by atoms with Crippen LogP contribution in [0, 0.1) is 0 Å². The second kappa shape index (κ2) is 7.95. The highest BCUT2D eigenvalue weighted by molar-refractivity contribution is 7.80. The molecular weight excluding hydrogens is 158 g/mol. The highest BCUT2D eigenvalue weighted by Gasteiger charge is 1.90. The molecular formula is C8H17NOS. The number of ether oxygens (including phenoxy) is 1. The van der Waals surface area contributed by atoms with E-state index < -0.39 is 0 Å². The molecule has 3 heteroatoms. The summed E-state index contributed by atoms with van der Waals surface area (Å²) >= 11 is 4.72. The molecule has 66 valence electrons. The van der Waals surface area contributed by atoms with Crippen molar-refractivity contribution >= 4 is 17.2 Å². The van der Waals surface area contributed by atoms with Crippen LogP contribution in [-0.4, -0.2) is 18.2 Å². The van der Waals surface area contributed by atoms with Gasteiger partial charge >= 0.3 is 0 Å². The van der Waals surface area contributed by atoms with Gasteiger partial charge in [0.15, 0.2) is 0 Å². The Balaban J connectivity index is 2.85. The van der Waals surface area contributed by atoms with Crippen LogP contribution in [0.5, 0.6) is 0 Å². The topological polar surface area (TPSA) is 35.2 Å². The van der Waals surface area contributed by atoms with Crippen LogP contribution in [-0.2, 0) is 4.74 Å². The third-order valence-electron chi connectivity index (χ3n) is 1.35. The first-order valence-electron chi connectivity index (χ1n) is 4.13. The van der Waals surface area contributed by atoms with Crippen molar-refractivity contribution in [3.8, 4) is 0 Å². The lowest BCUT2D eigenvalue weighted by Crippen LogP contribution is -2.08. The number of rotatable bonds is 7. The quantitative estimate of drug-likeness (QED) is 0.474. The third-order valence-corrected chi connectivity index (χ3v) is 1.56. The van der Waals surface area contributed by atoms with Crippen LogP contribution >= 0.6 is 12.2 Å². The van der Waals surface area contributed by atoms with Crippen LogP contribution in [0.25, 0.3) is 0 Å². The van der Waals surface area contributed by atoms with E-state index in [0.717, 1.165) is 32.5 Å². The number of thiocarbonyl (C=S) groups is 1. The lowest BCUT2D eigenvalue weighted by Gasteiger charge is -2.01. The van der Waals surface area contributed by atoms with Gasteiger partial charge in [-0.2, -0.15) is 0 Å². The molecule has 0 aromatic heterocycles. The molecule has 0 unspecified atom stereocenters. The summed E-state index contributed by atoms with van der Waals surface area (Å²) < 4.78 is 5.31. The van der Waals surface area contributed by atoms with Crippen LogP contribution in [0.15, 0.2) is 0 Å². The van der Waals surface area contributed by atoms with Gasteiger partial charge in [-0.05, 0) is 19.3 Å². The minimum Gasteiger partial charge on any atom is -0.393 e. The van der Waals surface area contributed by atoms with E-state index in [2.05, 4.69) is 6.92 Å². The molecule has 0 amide bonds. The number of unbranched alkanes of at least 4 members (excludes halogenated alkanes) is 1. The summed E-state index contributed by atoms with van der Waals surface area (Å²) in [6.07, 6.45) is 4.10. The van der Waals surface area contributed by atoms with Gasteiger partial charge in [-0.3, -0.25) is 0 Å². The first-order chi connectivity index (χ1) is 5.27. The van der Waals surface area contributed by atoms with Crippen molar-refractivity contribution in [1.82, 2.24) is 0 Å². The van der Waals surface area contributed by atoms with Crippen molar-refractivity contribution < 1.29 is 4.74 Å². The Morgan fingerprint density at radius 1 is 1.36 bits per heavy atom. The minimum absolute atomic E-state index is 0.587. The summed E-state index contributed by atoms with van der Waals surface area (Å²) in [6, 6.07) is 0. The molecule has 0 spiro atoms. The number of hydrogen-bond donors (Lipinski definition) is 1. The molecule has 0 aromatic rings.